The molecule has 1 N–H and O–H groups in total. The van der Waals surface area contributed by atoms with E-state index in [-0.39, 0.29) is 6.61 Å². The standard InChI is InChI=1S/C9H15NO/c11-6-3-9-7-10-4-1-8(9)2-5-10/h3,8,11H,1-2,4-7H2. The number of fused-ring (bicyclic) bond motifs is 3. The van der Waals surface area contributed by atoms with Gasteiger partial charge in [0.15, 0.2) is 0 Å². The van der Waals surface area contributed by atoms with Crippen molar-refractivity contribution in [2.75, 3.05) is 26.2 Å². The van der Waals surface area contributed by atoms with Crippen LogP contribution in [0.3, 0.4) is 0 Å². The molecular formula is C9H15NO. The van der Waals surface area contributed by atoms with Crippen LogP contribution in [0.15, 0.2) is 11.6 Å². The Balaban J connectivity index is 2.08. The highest BCUT2D eigenvalue weighted by atomic mass is 16.2. The van der Waals surface area contributed by atoms with Gasteiger partial charge in [-0.2, -0.15) is 0 Å². The van der Waals surface area contributed by atoms with Crippen LogP contribution < -0.4 is 0 Å². The number of aliphatic hydroxyl groups excluding tert-OH is 1. The van der Waals surface area contributed by atoms with Gasteiger partial charge in [0, 0.05) is 6.54 Å². The SMILES string of the molecule is OCC=C1CN2CCC1CC2. The van der Waals surface area contributed by atoms with Crippen LogP contribution in [0.2, 0.25) is 0 Å². The molecule has 0 aromatic heterocycles. The molecule has 3 saturated heterocycles. The van der Waals surface area contributed by atoms with Crippen molar-refractivity contribution in [3.63, 3.8) is 0 Å². The van der Waals surface area contributed by atoms with E-state index in [1.165, 1.54) is 31.5 Å². The average Bonchev–Trinajstić information content (AvgIpc) is 2.07. The van der Waals surface area contributed by atoms with E-state index in [2.05, 4.69) is 4.90 Å². The molecule has 2 nitrogen and oxygen atoms in total. The molecule has 0 saturated carbocycles. The Morgan fingerprint density at radius 1 is 1.45 bits per heavy atom. The maximum atomic E-state index is 8.75. The minimum Gasteiger partial charge on any atom is -0.392 e. The van der Waals surface area contributed by atoms with Crippen LogP contribution in [0, 0.1) is 5.92 Å². The van der Waals surface area contributed by atoms with Crippen molar-refractivity contribution in [1.82, 2.24) is 4.90 Å². The third-order valence-corrected chi connectivity index (χ3v) is 2.87. The molecule has 3 heterocycles. The van der Waals surface area contributed by atoms with Crippen molar-refractivity contribution in [2.45, 2.75) is 12.8 Å². The van der Waals surface area contributed by atoms with E-state index in [1.807, 2.05) is 6.08 Å². The number of piperidine rings is 3. The molecule has 0 aromatic rings. The molecule has 0 aliphatic carbocycles. The fourth-order valence-electron chi connectivity index (χ4n) is 2.20. The zero-order valence-corrected chi connectivity index (χ0v) is 6.79. The molecule has 0 radical (unpaired) electrons. The van der Waals surface area contributed by atoms with Gasteiger partial charge < -0.3 is 5.11 Å². The molecule has 11 heavy (non-hydrogen) atoms. The van der Waals surface area contributed by atoms with Gasteiger partial charge in [-0.15, -0.1) is 0 Å². The molecule has 3 rings (SSSR count). The summed E-state index contributed by atoms with van der Waals surface area (Å²) in [6.07, 6.45) is 4.62. The summed E-state index contributed by atoms with van der Waals surface area (Å²) in [5.41, 5.74) is 1.48. The van der Waals surface area contributed by atoms with Crippen molar-refractivity contribution < 1.29 is 5.11 Å². The van der Waals surface area contributed by atoms with Crippen LogP contribution in [0.5, 0.6) is 0 Å². The highest BCUT2D eigenvalue weighted by Crippen LogP contribution is 2.31. The Morgan fingerprint density at radius 3 is 2.64 bits per heavy atom. The molecule has 3 aliphatic rings. The van der Waals surface area contributed by atoms with E-state index in [1.54, 1.807) is 0 Å². The summed E-state index contributed by atoms with van der Waals surface area (Å²) in [6, 6.07) is 0. The van der Waals surface area contributed by atoms with Crippen LogP contribution in [0.4, 0.5) is 0 Å². The highest BCUT2D eigenvalue weighted by molar-refractivity contribution is 5.14. The van der Waals surface area contributed by atoms with Crippen molar-refractivity contribution >= 4 is 0 Å². The van der Waals surface area contributed by atoms with E-state index in [9.17, 15) is 0 Å². The maximum Gasteiger partial charge on any atom is 0.0615 e. The van der Waals surface area contributed by atoms with E-state index >= 15 is 0 Å². The summed E-state index contributed by atoms with van der Waals surface area (Å²) in [7, 11) is 0. The van der Waals surface area contributed by atoms with E-state index in [0.717, 1.165) is 12.5 Å². The summed E-state index contributed by atoms with van der Waals surface area (Å²) in [4.78, 5) is 2.47. The minimum absolute atomic E-state index is 0.222. The van der Waals surface area contributed by atoms with Gasteiger partial charge in [-0.05, 0) is 31.8 Å². The van der Waals surface area contributed by atoms with Gasteiger partial charge in [0.2, 0.25) is 0 Å². The lowest BCUT2D eigenvalue weighted by Crippen LogP contribution is -2.43. The summed E-state index contributed by atoms with van der Waals surface area (Å²) in [5.74, 6) is 0.798. The van der Waals surface area contributed by atoms with E-state index < -0.39 is 0 Å². The Kier molecular flexibility index (Phi) is 1.96. The van der Waals surface area contributed by atoms with Gasteiger partial charge in [-0.25, -0.2) is 0 Å². The topological polar surface area (TPSA) is 23.5 Å². The molecule has 0 unspecified atom stereocenters. The number of hydrogen-bond acceptors (Lipinski definition) is 2. The quantitative estimate of drug-likeness (QED) is 0.558. The fourth-order valence-corrected chi connectivity index (χ4v) is 2.20. The second-order valence-electron chi connectivity index (χ2n) is 3.51. The Bertz CT molecular complexity index is 168. The van der Waals surface area contributed by atoms with Crippen LogP contribution in [-0.2, 0) is 0 Å². The van der Waals surface area contributed by atoms with Crippen molar-refractivity contribution in [1.29, 1.82) is 0 Å². The van der Waals surface area contributed by atoms with Crippen molar-refractivity contribution in [2.24, 2.45) is 5.92 Å². The van der Waals surface area contributed by atoms with Crippen LogP contribution >= 0.6 is 0 Å². The van der Waals surface area contributed by atoms with Crippen LogP contribution in [0.1, 0.15) is 12.8 Å². The first kappa shape index (κ1) is 7.32. The van der Waals surface area contributed by atoms with Gasteiger partial charge in [0.1, 0.15) is 0 Å². The van der Waals surface area contributed by atoms with Crippen LogP contribution in [-0.4, -0.2) is 36.2 Å². The van der Waals surface area contributed by atoms with E-state index in [0.29, 0.717) is 0 Å². The molecule has 0 spiro atoms. The summed E-state index contributed by atoms with van der Waals surface area (Å²) in [5, 5.41) is 8.75. The lowest BCUT2D eigenvalue weighted by molar-refractivity contribution is 0.160. The first-order valence-electron chi connectivity index (χ1n) is 4.42. The van der Waals surface area contributed by atoms with Gasteiger partial charge in [0.25, 0.3) is 0 Å². The van der Waals surface area contributed by atoms with Crippen LogP contribution in [0.25, 0.3) is 0 Å². The molecule has 3 fully saturated rings. The number of aliphatic hydroxyl groups is 1. The first-order valence-corrected chi connectivity index (χ1v) is 4.42. The van der Waals surface area contributed by atoms with Crippen molar-refractivity contribution in [3.05, 3.63) is 11.6 Å². The summed E-state index contributed by atoms with van der Waals surface area (Å²) >= 11 is 0. The predicted molar refractivity (Wildman–Crippen MR) is 44.3 cm³/mol. The second kappa shape index (κ2) is 2.95. The average molecular weight is 153 g/mol. The lowest BCUT2D eigenvalue weighted by Gasteiger charge is -2.41. The molecule has 2 bridgehead atoms. The monoisotopic (exact) mass is 153 g/mol. The number of nitrogens with zero attached hydrogens (tertiary/aromatic N) is 1. The predicted octanol–water partition coefficient (Wildman–Crippen LogP) is 0.631. The molecule has 3 aliphatic heterocycles. The maximum absolute atomic E-state index is 8.75. The van der Waals surface area contributed by atoms with E-state index in [4.69, 9.17) is 5.11 Å². The van der Waals surface area contributed by atoms with Gasteiger partial charge in [-0.1, -0.05) is 11.6 Å². The Labute approximate surface area is 67.5 Å². The summed E-state index contributed by atoms with van der Waals surface area (Å²) in [6.45, 7) is 3.88. The summed E-state index contributed by atoms with van der Waals surface area (Å²) < 4.78 is 0. The minimum atomic E-state index is 0.222. The molecule has 0 amide bonds. The second-order valence-corrected chi connectivity index (χ2v) is 3.51. The third-order valence-electron chi connectivity index (χ3n) is 2.87. The molecule has 2 heteroatoms. The largest absolute Gasteiger partial charge is 0.392 e. The molecule has 0 aromatic carbocycles. The van der Waals surface area contributed by atoms with Gasteiger partial charge in [0.05, 0.1) is 6.61 Å². The third kappa shape index (κ3) is 1.33. The first-order chi connectivity index (χ1) is 5.40. The lowest BCUT2D eigenvalue weighted by atomic mass is 9.84. The highest BCUT2D eigenvalue weighted by Gasteiger charge is 2.28. The zero-order valence-electron chi connectivity index (χ0n) is 6.79. The Hall–Kier alpha value is -0.340. The number of rotatable bonds is 1. The zero-order chi connectivity index (χ0) is 7.68. The Morgan fingerprint density at radius 2 is 2.18 bits per heavy atom. The molecular weight excluding hydrogens is 138 g/mol. The van der Waals surface area contributed by atoms with Gasteiger partial charge >= 0.3 is 0 Å². The molecule has 0 atom stereocenters. The normalized spacial score (nSPS) is 39.9. The number of hydrogen-bond donors (Lipinski definition) is 1. The van der Waals surface area contributed by atoms with Gasteiger partial charge in [-0.3, -0.25) is 4.90 Å². The molecule has 62 valence electrons. The fraction of sp³-hybridized carbons (Fsp3) is 0.778. The smallest absolute Gasteiger partial charge is 0.0615 e. The van der Waals surface area contributed by atoms with Crippen molar-refractivity contribution in [3.8, 4) is 0 Å².